The van der Waals surface area contributed by atoms with E-state index in [1.54, 1.807) is 14.0 Å². The lowest BCUT2D eigenvalue weighted by atomic mass is 9.82. The van der Waals surface area contributed by atoms with Gasteiger partial charge in [-0.3, -0.25) is 9.59 Å². The van der Waals surface area contributed by atoms with Crippen molar-refractivity contribution < 1.29 is 29.3 Å². The van der Waals surface area contributed by atoms with Gasteiger partial charge in [0.2, 0.25) is 11.6 Å². The number of aliphatic hydroxyl groups is 2. The number of hydrogen-bond donors (Lipinski definition) is 4. The first-order valence-electron chi connectivity index (χ1n) is 9.19. The van der Waals surface area contributed by atoms with Gasteiger partial charge >= 0.3 is 0 Å². The number of aliphatic hydroxyl groups excluding tert-OH is 2. The van der Waals surface area contributed by atoms with E-state index in [4.69, 9.17) is 14.6 Å². The molecule has 0 amide bonds. The SMILES string of the molecule is COC12C(CO)C3=C(C(=O)C(C)=C(NCCOCCO)C3=O)N1CC1NC12. The van der Waals surface area contributed by atoms with Gasteiger partial charge in [0.15, 0.2) is 5.72 Å². The quantitative estimate of drug-likeness (QED) is 0.212. The van der Waals surface area contributed by atoms with Crippen LogP contribution in [0.25, 0.3) is 0 Å². The number of fused-ring (bicyclic) bond motifs is 4. The van der Waals surface area contributed by atoms with Gasteiger partial charge in [-0.15, -0.1) is 0 Å². The first-order valence-corrected chi connectivity index (χ1v) is 9.19. The zero-order chi connectivity index (χ0) is 19.3. The number of piperazine rings is 1. The van der Waals surface area contributed by atoms with Gasteiger partial charge in [-0.05, 0) is 6.92 Å². The van der Waals surface area contributed by atoms with Gasteiger partial charge < -0.3 is 35.2 Å². The van der Waals surface area contributed by atoms with Crippen molar-refractivity contribution in [3.63, 3.8) is 0 Å². The molecular formula is C18H25N3O6. The number of Topliss-reactive ketones (excluding diaryl/α,β-unsaturated/α-hetero) is 2. The maximum atomic E-state index is 13.2. The summed E-state index contributed by atoms with van der Waals surface area (Å²) >= 11 is 0. The number of hydrogen-bond acceptors (Lipinski definition) is 9. The topological polar surface area (TPSA) is 130 Å². The Balaban J connectivity index is 1.62. The summed E-state index contributed by atoms with van der Waals surface area (Å²) in [4.78, 5) is 28.2. The van der Waals surface area contributed by atoms with Gasteiger partial charge in [-0.25, -0.2) is 0 Å². The Bertz CT molecular complexity index is 747. The molecule has 2 fully saturated rings. The van der Waals surface area contributed by atoms with Crippen LogP contribution in [0, 0.1) is 5.92 Å². The standard InChI is InChI=1S/C18H25N3O6/c1-9-13(19-3-5-27-6-4-22)16(25)12-10(8-23)18(26-2)17-11(20-17)7-21(18)14(12)15(9)24/h10-11,17,19-20,22-23H,3-8H2,1-2H3. The van der Waals surface area contributed by atoms with Crippen LogP contribution in [-0.2, 0) is 19.1 Å². The second-order valence-electron chi connectivity index (χ2n) is 7.24. The number of nitrogens with one attached hydrogen (secondary N) is 2. The lowest BCUT2D eigenvalue weighted by molar-refractivity contribution is -0.137. The molecule has 0 aromatic heterocycles. The molecule has 148 valence electrons. The summed E-state index contributed by atoms with van der Waals surface area (Å²) in [6.45, 7) is 2.72. The monoisotopic (exact) mass is 379 g/mol. The number of rotatable bonds is 8. The number of carbonyl (C=O) groups is 2. The van der Waals surface area contributed by atoms with Gasteiger partial charge in [-0.2, -0.15) is 0 Å². The minimum atomic E-state index is -0.893. The van der Waals surface area contributed by atoms with Crippen molar-refractivity contribution in [3.8, 4) is 0 Å². The summed E-state index contributed by atoms with van der Waals surface area (Å²) < 4.78 is 11.0. The van der Waals surface area contributed by atoms with E-state index in [1.165, 1.54) is 0 Å². The molecular weight excluding hydrogens is 354 g/mol. The molecule has 2 saturated heterocycles. The number of methoxy groups -OCH3 is 1. The van der Waals surface area contributed by atoms with Crippen LogP contribution in [0.2, 0.25) is 0 Å². The molecule has 0 radical (unpaired) electrons. The molecule has 9 heteroatoms. The lowest BCUT2D eigenvalue weighted by Crippen LogP contribution is -2.54. The molecule has 4 atom stereocenters. The van der Waals surface area contributed by atoms with Crippen molar-refractivity contribution in [3.05, 3.63) is 22.5 Å². The van der Waals surface area contributed by atoms with Crippen molar-refractivity contribution in [2.24, 2.45) is 5.92 Å². The fourth-order valence-corrected chi connectivity index (χ4v) is 4.77. The molecule has 0 saturated carbocycles. The Labute approximate surface area is 157 Å². The Hall–Kier alpha value is -1.78. The molecule has 27 heavy (non-hydrogen) atoms. The first-order chi connectivity index (χ1) is 13.0. The van der Waals surface area contributed by atoms with E-state index in [0.717, 1.165) is 0 Å². The van der Waals surface area contributed by atoms with E-state index in [-0.39, 0.29) is 49.2 Å². The maximum Gasteiger partial charge on any atom is 0.208 e. The molecule has 4 unspecified atom stereocenters. The van der Waals surface area contributed by atoms with Crippen LogP contribution in [0.4, 0.5) is 0 Å². The second-order valence-corrected chi connectivity index (χ2v) is 7.24. The number of ether oxygens (including phenoxy) is 2. The molecule has 0 bridgehead atoms. The van der Waals surface area contributed by atoms with E-state index in [9.17, 15) is 14.7 Å². The molecule has 3 aliphatic heterocycles. The summed E-state index contributed by atoms with van der Waals surface area (Å²) in [6.07, 6.45) is 0. The van der Waals surface area contributed by atoms with Crippen molar-refractivity contribution in [2.45, 2.75) is 24.7 Å². The maximum absolute atomic E-state index is 13.2. The van der Waals surface area contributed by atoms with Crippen LogP contribution in [-0.4, -0.2) is 91.1 Å². The second kappa shape index (κ2) is 6.68. The highest BCUT2D eigenvalue weighted by atomic mass is 16.5. The Morgan fingerprint density at radius 2 is 2.07 bits per heavy atom. The van der Waals surface area contributed by atoms with Crippen molar-refractivity contribution in [1.29, 1.82) is 0 Å². The van der Waals surface area contributed by atoms with Gasteiger partial charge in [0.1, 0.15) is 0 Å². The molecule has 0 aromatic rings. The highest BCUT2D eigenvalue weighted by molar-refractivity contribution is 6.25. The van der Waals surface area contributed by atoms with Crippen LogP contribution >= 0.6 is 0 Å². The fraction of sp³-hybridized carbons (Fsp3) is 0.667. The molecule has 4 aliphatic rings. The zero-order valence-electron chi connectivity index (χ0n) is 15.4. The Kier molecular flexibility index (Phi) is 4.59. The predicted molar refractivity (Wildman–Crippen MR) is 93.4 cm³/mol. The van der Waals surface area contributed by atoms with Gasteiger partial charge in [0.25, 0.3) is 0 Å². The summed E-state index contributed by atoms with van der Waals surface area (Å²) in [7, 11) is 1.56. The molecule has 9 nitrogen and oxygen atoms in total. The normalized spacial score (nSPS) is 34.2. The van der Waals surface area contributed by atoms with Gasteiger partial charge in [0.05, 0.1) is 49.8 Å². The molecule has 4 rings (SSSR count). The molecule has 0 aromatic carbocycles. The molecule has 4 N–H and O–H groups in total. The Morgan fingerprint density at radius 1 is 1.30 bits per heavy atom. The minimum absolute atomic E-state index is 0.00514. The van der Waals surface area contributed by atoms with Crippen molar-refractivity contribution in [1.82, 2.24) is 15.5 Å². The Morgan fingerprint density at radius 3 is 2.74 bits per heavy atom. The van der Waals surface area contributed by atoms with Crippen LogP contribution in [0.1, 0.15) is 6.92 Å². The number of carbonyl (C=O) groups excluding carboxylic acids is 2. The third-order valence-electron chi connectivity index (χ3n) is 6.00. The molecule has 3 heterocycles. The van der Waals surface area contributed by atoms with Gasteiger partial charge in [0, 0.05) is 37.4 Å². The van der Waals surface area contributed by atoms with Crippen LogP contribution < -0.4 is 10.6 Å². The van der Waals surface area contributed by atoms with E-state index in [0.29, 0.717) is 36.5 Å². The highest BCUT2D eigenvalue weighted by Gasteiger charge is 2.72. The van der Waals surface area contributed by atoms with E-state index in [1.807, 2.05) is 4.90 Å². The number of allylic oxidation sites excluding steroid dienone is 2. The van der Waals surface area contributed by atoms with E-state index >= 15 is 0 Å². The van der Waals surface area contributed by atoms with Crippen molar-refractivity contribution in [2.75, 3.05) is 46.6 Å². The smallest absolute Gasteiger partial charge is 0.208 e. The summed E-state index contributed by atoms with van der Waals surface area (Å²) in [5, 5.41) is 25.2. The highest BCUT2D eigenvalue weighted by Crippen LogP contribution is 2.55. The third-order valence-corrected chi connectivity index (χ3v) is 6.00. The van der Waals surface area contributed by atoms with Crippen LogP contribution in [0.15, 0.2) is 22.5 Å². The largest absolute Gasteiger partial charge is 0.396 e. The lowest BCUT2D eigenvalue weighted by Gasteiger charge is -2.39. The minimum Gasteiger partial charge on any atom is -0.396 e. The fourth-order valence-electron chi connectivity index (χ4n) is 4.77. The summed E-state index contributed by atoms with van der Waals surface area (Å²) in [5.74, 6) is -1.07. The van der Waals surface area contributed by atoms with E-state index < -0.39 is 11.6 Å². The predicted octanol–water partition coefficient (Wildman–Crippen LogP) is -2.11. The number of ketones is 2. The average molecular weight is 379 g/mol. The summed E-state index contributed by atoms with van der Waals surface area (Å²) in [5.41, 5.74) is 0.418. The van der Waals surface area contributed by atoms with E-state index in [2.05, 4.69) is 10.6 Å². The molecule has 1 aliphatic carbocycles. The first kappa shape index (κ1) is 18.6. The summed E-state index contributed by atoms with van der Waals surface area (Å²) in [6, 6.07) is 0.206. The average Bonchev–Trinajstić information content (AvgIpc) is 3.27. The van der Waals surface area contributed by atoms with Crippen LogP contribution in [0.3, 0.4) is 0 Å². The van der Waals surface area contributed by atoms with Gasteiger partial charge in [-0.1, -0.05) is 0 Å². The van der Waals surface area contributed by atoms with Crippen molar-refractivity contribution >= 4 is 11.6 Å². The zero-order valence-corrected chi connectivity index (χ0v) is 15.4. The number of nitrogens with zero attached hydrogens (tertiary/aromatic N) is 1. The van der Waals surface area contributed by atoms with Crippen LogP contribution in [0.5, 0.6) is 0 Å². The molecule has 0 spiro atoms. The third kappa shape index (κ3) is 2.43.